The Balaban J connectivity index is 1.31. The van der Waals surface area contributed by atoms with E-state index in [1.807, 2.05) is 0 Å². The Morgan fingerprint density at radius 3 is 1.62 bits per heavy atom. The molecule has 1 heteroatoms. The summed E-state index contributed by atoms with van der Waals surface area (Å²) >= 11 is 0. The van der Waals surface area contributed by atoms with Gasteiger partial charge < -0.3 is 0 Å². The lowest BCUT2D eigenvalue weighted by Gasteiger charge is -2.42. The smallest absolute Gasteiger partial charge is 0.0689 e. The summed E-state index contributed by atoms with van der Waals surface area (Å²) in [6.07, 6.45) is 27.0. The fraction of sp³-hybridized carbons (Fsp3) is 0.964. The maximum Gasteiger partial charge on any atom is 0.0689 e. The fourth-order valence-corrected chi connectivity index (χ4v) is 7.28. The molecule has 1 nitrogen and oxygen atoms in total. The van der Waals surface area contributed by atoms with E-state index in [9.17, 15) is 5.26 Å². The molecular formula is C28H49N. The standard InChI is InChI=1S/C28H49N/c1-3-5-6-7-8-9-23-10-12-24(13-11-23)25-14-16-26(17-15-25)27-18-20-28(4-2,22-29)21-19-27/h23-27H,3-21H2,1-2H3. The molecule has 0 bridgehead atoms. The van der Waals surface area contributed by atoms with Gasteiger partial charge in [0, 0.05) is 0 Å². The third-order valence-electron chi connectivity index (χ3n) is 9.66. The molecule has 3 saturated carbocycles. The number of hydrogen-bond donors (Lipinski definition) is 0. The van der Waals surface area contributed by atoms with Crippen molar-refractivity contribution in [1.82, 2.24) is 0 Å². The van der Waals surface area contributed by atoms with Crippen molar-refractivity contribution in [3.63, 3.8) is 0 Å². The van der Waals surface area contributed by atoms with Gasteiger partial charge in [-0.2, -0.15) is 5.26 Å². The first kappa shape index (κ1) is 23.2. The summed E-state index contributed by atoms with van der Waals surface area (Å²) in [6.45, 7) is 4.53. The van der Waals surface area contributed by atoms with E-state index in [1.54, 1.807) is 12.8 Å². The molecular weight excluding hydrogens is 350 g/mol. The van der Waals surface area contributed by atoms with Crippen LogP contribution in [0.1, 0.15) is 136 Å². The predicted octanol–water partition coefficient (Wildman–Crippen LogP) is 9.07. The molecule has 166 valence electrons. The van der Waals surface area contributed by atoms with Crippen LogP contribution in [0.2, 0.25) is 0 Å². The second-order valence-corrected chi connectivity index (χ2v) is 11.2. The van der Waals surface area contributed by atoms with Gasteiger partial charge in [-0.25, -0.2) is 0 Å². The van der Waals surface area contributed by atoms with E-state index in [4.69, 9.17) is 0 Å². The van der Waals surface area contributed by atoms with E-state index in [0.717, 1.165) is 36.0 Å². The third kappa shape index (κ3) is 6.48. The summed E-state index contributed by atoms with van der Waals surface area (Å²) in [5, 5.41) is 9.57. The molecule has 0 amide bonds. The minimum Gasteiger partial charge on any atom is -0.198 e. The first-order valence-electron chi connectivity index (χ1n) is 13.6. The lowest BCUT2D eigenvalue weighted by Crippen LogP contribution is -2.32. The molecule has 0 unspecified atom stereocenters. The molecule has 3 rings (SSSR count). The number of nitriles is 1. The fourth-order valence-electron chi connectivity index (χ4n) is 7.28. The van der Waals surface area contributed by atoms with Gasteiger partial charge in [-0.1, -0.05) is 65.2 Å². The van der Waals surface area contributed by atoms with Crippen LogP contribution in [0.4, 0.5) is 0 Å². The number of rotatable bonds is 9. The Morgan fingerprint density at radius 1 is 0.655 bits per heavy atom. The van der Waals surface area contributed by atoms with Crippen LogP contribution in [0.3, 0.4) is 0 Å². The van der Waals surface area contributed by atoms with Gasteiger partial charge >= 0.3 is 0 Å². The van der Waals surface area contributed by atoms with Crippen LogP contribution < -0.4 is 0 Å². The maximum absolute atomic E-state index is 9.57. The Bertz CT molecular complexity index is 479. The topological polar surface area (TPSA) is 23.8 Å². The van der Waals surface area contributed by atoms with Crippen LogP contribution in [0.15, 0.2) is 0 Å². The summed E-state index contributed by atoms with van der Waals surface area (Å²) in [4.78, 5) is 0. The van der Waals surface area contributed by atoms with Gasteiger partial charge in [0.25, 0.3) is 0 Å². The Morgan fingerprint density at radius 2 is 1.14 bits per heavy atom. The van der Waals surface area contributed by atoms with Crippen LogP contribution in [0.25, 0.3) is 0 Å². The van der Waals surface area contributed by atoms with E-state index >= 15 is 0 Å². The van der Waals surface area contributed by atoms with E-state index in [-0.39, 0.29) is 5.41 Å². The summed E-state index contributed by atoms with van der Waals surface area (Å²) in [5.74, 6) is 5.09. The molecule has 0 aromatic heterocycles. The molecule has 0 radical (unpaired) electrons. The number of nitrogens with zero attached hydrogens (tertiary/aromatic N) is 1. The molecule has 0 atom stereocenters. The zero-order valence-corrected chi connectivity index (χ0v) is 19.8. The van der Waals surface area contributed by atoms with Gasteiger partial charge in [0.15, 0.2) is 0 Å². The van der Waals surface area contributed by atoms with Crippen molar-refractivity contribution in [1.29, 1.82) is 5.26 Å². The number of unbranched alkanes of at least 4 members (excludes halogenated alkanes) is 4. The summed E-state index contributed by atoms with van der Waals surface area (Å²) in [7, 11) is 0. The lowest BCUT2D eigenvalue weighted by molar-refractivity contribution is 0.0916. The van der Waals surface area contributed by atoms with E-state index in [0.29, 0.717) is 0 Å². The molecule has 0 heterocycles. The molecule has 0 spiro atoms. The van der Waals surface area contributed by atoms with Crippen LogP contribution in [-0.4, -0.2) is 0 Å². The highest BCUT2D eigenvalue weighted by Crippen LogP contribution is 2.49. The van der Waals surface area contributed by atoms with Crippen LogP contribution in [0, 0.1) is 46.3 Å². The van der Waals surface area contributed by atoms with Crippen LogP contribution in [-0.2, 0) is 0 Å². The Kier molecular flexibility index (Phi) is 9.40. The van der Waals surface area contributed by atoms with Crippen LogP contribution >= 0.6 is 0 Å². The first-order valence-corrected chi connectivity index (χ1v) is 13.6. The minimum atomic E-state index is 0.0301. The molecule has 29 heavy (non-hydrogen) atoms. The van der Waals surface area contributed by atoms with Gasteiger partial charge in [-0.3, -0.25) is 0 Å². The maximum atomic E-state index is 9.57. The van der Waals surface area contributed by atoms with Gasteiger partial charge in [0.1, 0.15) is 0 Å². The molecule has 3 fully saturated rings. The average Bonchev–Trinajstić information content (AvgIpc) is 2.79. The quantitative estimate of drug-likeness (QED) is 0.355. The van der Waals surface area contributed by atoms with E-state index in [2.05, 4.69) is 19.9 Å². The summed E-state index contributed by atoms with van der Waals surface area (Å²) in [6, 6.07) is 2.67. The predicted molar refractivity (Wildman–Crippen MR) is 125 cm³/mol. The van der Waals surface area contributed by atoms with Crippen molar-refractivity contribution >= 4 is 0 Å². The van der Waals surface area contributed by atoms with Crippen molar-refractivity contribution in [3.8, 4) is 6.07 Å². The Labute approximate surface area is 182 Å². The Hall–Kier alpha value is -0.510. The highest BCUT2D eigenvalue weighted by atomic mass is 14.4. The highest BCUT2D eigenvalue weighted by molar-refractivity contribution is 5.01. The van der Waals surface area contributed by atoms with Crippen molar-refractivity contribution in [2.24, 2.45) is 35.0 Å². The molecule has 3 aliphatic rings. The summed E-state index contributed by atoms with van der Waals surface area (Å²) in [5.41, 5.74) is 0.0301. The second-order valence-electron chi connectivity index (χ2n) is 11.2. The largest absolute Gasteiger partial charge is 0.198 e. The highest BCUT2D eigenvalue weighted by Gasteiger charge is 2.38. The third-order valence-corrected chi connectivity index (χ3v) is 9.66. The monoisotopic (exact) mass is 399 g/mol. The molecule has 0 aliphatic heterocycles. The average molecular weight is 400 g/mol. The van der Waals surface area contributed by atoms with Crippen molar-refractivity contribution in [2.45, 2.75) is 136 Å². The van der Waals surface area contributed by atoms with Crippen molar-refractivity contribution in [2.75, 3.05) is 0 Å². The lowest BCUT2D eigenvalue weighted by atomic mass is 9.62. The zero-order valence-electron chi connectivity index (χ0n) is 19.8. The SMILES string of the molecule is CCCCCCCC1CCC(C2CCC(C3CCC(C#N)(CC)CC3)CC2)CC1. The normalized spacial score (nSPS) is 38.4. The van der Waals surface area contributed by atoms with Gasteiger partial charge in [-0.05, 0) is 100 Å². The van der Waals surface area contributed by atoms with Crippen LogP contribution in [0.5, 0.6) is 0 Å². The summed E-state index contributed by atoms with van der Waals surface area (Å²) < 4.78 is 0. The van der Waals surface area contributed by atoms with Gasteiger partial charge in [-0.15, -0.1) is 0 Å². The first-order chi connectivity index (χ1) is 14.2. The minimum absolute atomic E-state index is 0.0301. The molecule has 3 aliphatic carbocycles. The number of hydrogen-bond acceptors (Lipinski definition) is 1. The van der Waals surface area contributed by atoms with Gasteiger partial charge in [0.2, 0.25) is 0 Å². The molecule has 0 N–H and O–H groups in total. The van der Waals surface area contributed by atoms with Gasteiger partial charge in [0.05, 0.1) is 11.5 Å². The zero-order chi connectivity index (χ0) is 20.5. The second kappa shape index (κ2) is 11.8. The van der Waals surface area contributed by atoms with Crippen molar-refractivity contribution < 1.29 is 0 Å². The molecule has 0 aromatic carbocycles. The molecule has 0 saturated heterocycles. The van der Waals surface area contributed by atoms with E-state index < -0.39 is 0 Å². The van der Waals surface area contributed by atoms with Crippen molar-refractivity contribution in [3.05, 3.63) is 0 Å². The molecule has 0 aromatic rings. The van der Waals surface area contributed by atoms with E-state index in [1.165, 1.54) is 103 Å².